The fourth-order valence-corrected chi connectivity index (χ4v) is 4.12. The first-order valence-corrected chi connectivity index (χ1v) is 9.69. The van der Waals surface area contributed by atoms with Crippen molar-refractivity contribution in [2.24, 2.45) is 0 Å². The Bertz CT molecular complexity index is 837. The van der Waals surface area contributed by atoms with Gasteiger partial charge in [0.05, 0.1) is 10.6 Å². The van der Waals surface area contributed by atoms with Gasteiger partial charge in [-0.15, -0.1) is 0 Å². The summed E-state index contributed by atoms with van der Waals surface area (Å²) in [7, 11) is 0. The topological polar surface area (TPSA) is 20.3 Å². The Morgan fingerprint density at radius 3 is 2.44 bits per heavy atom. The van der Waals surface area contributed by atoms with E-state index in [1.54, 1.807) is 4.90 Å². The second-order valence-corrected chi connectivity index (χ2v) is 8.00. The first-order chi connectivity index (χ1) is 12.0. The predicted octanol–water partition coefficient (Wildman–Crippen LogP) is 5.78. The summed E-state index contributed by atoms with van der Waals surface area (Å²) in [5.41, 5.74) is 4.34. The van der Waals surface area contributed by atoms with Gasteiger partial charge in [0.25, 0.3) is 5.91 Å². The van der Waals surface area contributed by atoms with Crippen LogP contribution in [0.15, 0.2) is 53.4 Å². The highest BCUT2D eigenvalue weighted by molar-refractivity contribution is 8.27. The zero-order valence-electron chi connectivity index (χ0n) is 14.7. The molecule has 2 aromatic rings. The van der Waals surface area contributed by atoms with Crippen molar-refractivity contribution in [2.45, 2.75) is 33.1 Å². The molecule has 1 aliphatic heterocycles. The summed E-state index contributed by atoms with van der Waals surface area (Å²) in [5, 5.41) is 0. The molecular weight excluding hydrogens is 346 g/mol. The number of carbonyl (C=O) groups is 1. The quantitative estimate of drug-likeness (QED) is 0.505. The number of nitrogens with zero attached hydrogens (tertiary/aromatic N) is 1. The summed E-state index contributed by atoms with van der Waals surface area (Å²) in [5.74, 6) is 0.460. The van der Waals surface area contributed by atoms with E-state index in [4.69, 9.17) is 12.2 Å². The van der Waals surface area contributed by atoms with Crippen molar-refractivity contribution in [2.75, 3.05) is 4.90 Å². The Kier molecular flexibility index (Phi) is 5.40. The molecule has 0 spiro atoms. The second-order valence-electron chi connectivity index (χ2n) is 6.32. The van der Waals surface area contributed by atoms with Crippen molar-refractivity contribution in [1.29, 1.82) is 0 Å². The highest BCUT2D eigenvalue weighted by Crippen LogP contribution is 2.37. The summed E-state index contributed by atoms with van der Waals surface area (Å²) in [6.45, 7) is 6.43. The molecule has 1 fully saturated rings. The van der Waals surface area contributed by atoms with E-state index in [9.17, 15) is 4.79 Å². The number of hydrogen-bond donors (Lipinski definition) is 0. The Hall–Kier alpha value is -1.91. The van der Waals surface area contributed by atoms with Crippen LogP contribution in [0.2, 0.25) is 0 Å². The average Bonchev–Trinajstić information content (AvgIpc) is 2.89. The maximum atomic E-state index is 12.9. The van der Waals surface area contributed by atoms with E-state index >= 15 is 0 Å². The molecule has 1 heterocycles. The van der Waals surface area contributed by atoms with Crippen LogP contribution in [-0.4, -0.2) is 10.2 Å². The van der Waals surface area contributed by atoms with Gasteiger partial charge in [-0.2, -0.15) is 0 Å². The molecule has 25 heavy (non-hydrogen) atoms. The van der Waals surface area contributed by atoms with Crippen LogP contribution in [0.25, 0.3) is 6.08 Å². The molecule has 0 atom stereocenters. The maximum absolute atomic E-state index is 12.9. The van der Waals surface area contributed by atoms with Gasteiger partial charge in [0.15, 0.2) is 4.32 Å². The largest absolute Gasteiger partial charge is 0.270 e. The summed E-state index contributed by atoms with van der Waals surface area (Å²) in [6.07, 6.45) is 2.79. The van der Waals surface area contributed by atoms with Crippen molar-refractivity contribution >= 4 is 46.0 Å². The SMILES string of the molecule is CCc1ccccc1N1C(=O)/C(=C/c2ccc(C(C)C)cc2)SC1=S. The summed E-state index contributed by atoms with van der Waals surface area (Å²) >= 11 is 6.85. The van der Waals surface area contributed by atoms with Crippen LogP contribution in [0.1, 0.15) is 43.4 Å². The van der Waals surface area contributed by atoms with E-state index in [0.29, 0.717) is 15.1 Å². The molecule has 128 valence electrons. The lowest BCUT2D eigenvalue weighted by atomic mass is 10.0. The monoisotopic (exact) mass is 367 g/mol. The molecule has 0 radical (unpaired) electrons. The van der Waals surface area contributed by atoms with Gasteiger partial charge >= 0.3 is 0 Å². The number of anilines is 1. The molecule has 2 aromatic carbocycles. The molecule has 1 amide bonds. The van der Waals surface area contributed by atoms with E-state index in [-0.39, 0.29) is 5.91 Å². The Morgan fingerprint density at radius 1 is 1.12 bits per heavy atom. The third kappa shape index (κ3) is 3.70. The predicted molar refractivity (Wildman–Crippen MR) is 112 cm³/mol. The molecule has 0 unspecified atom stereocenters. The number of carbonyl (C=O) groups excluding carboxylic acids is 1. The minimum Gasteiger partial charge on any atom is -0.268 e. The molecule has 3 rings (SSSR count). The lowest BCUT2D eigenvalue weighted by Gasteiger charge is -2.18. The molecule has 0 aromatic heterocycles. The van der Waals surface area contributed by atoms with Gasteiger partial charge in [-0.3, -0.25) is 9.69 Å². The van der Waals surface area contributed by atoms with Gasteiger partial charge < -0.3 is 0 Å². The molecule has 0 N–H and O–H groups in total. The smallest absolute Gasteiger partial charge is 0.268 e. The van der Waals surface area contributed by atoms with Gasteiger partial charge in [0.1, 0.15) is 0 Å². The molecular formula is C21H21NOS2. The van der Waals surface area contributed by atoms with Crippen LogP contribution >= 0.6 is 24.0 Å². The average molecular weight is 368 g/mol. The van der Waals surface area contributed by atoms with Crippen molar-refractivity contribution in [3.63, 3.8) is 0 Å². The zero-order valence-corrected chi connectivity index (χ0v) is 16.3. The first-order valence-electron chi connectivity index (χ1n) is 8.47. The van der Waals surface area contributed by atoms with Crippen LogP contribution in [0.5, 0.6) is 0 Å². The molecule has 4 heteroatoms. The fraction of sp³-hybridized carbons (Fsp3) is 0.238. The van der Waals surface area contributed by atoms with Gasteiger partial charge in [0.2, 0.25) is 0 Å². The lowest BCUT2D eigenvalue weighted by Crippen LogP contribution is -2.28. The van der Waals surface area contributed by atoms with E-state index in [1.165, 1.54) is 17.3 Å². The number of thiocarbonyl (C=S) groups is 1. The van der Waals surface area contributed by atoms with E-state index in [1.807, 2.05) is 30.3 Å². The minimum absolute atomic E-state index is 0.0381. The van der Waals surface area contributed by atoms with Gasteiger partial charge in [-0.1, -0.05) is 87.2 Å². The standard InChI is InChI=1S/C21H21NOS2/c1-4-16-7-5-6-8-18(16)22-20(23)19(25-21(22)24)13-15-9-11-17(12-10-15)14(2)3/h5-14H,4H2,1-3H3/b19-13-. The van der Waals surface area contributed by atoms with E-state index in [0.717, 1.165) is 23.2 Å². The van der Waals surface area contributed by atoms with Crippen LogP contribution in [0, 0.1) is 0 Å². The highest BCUT2D eigenvalue weighted by Gasteiger charge is 2.34. The summed E-state index contributed by atoms with van der Waals surface area (Å²) in [6, 6.07) is 16.3. The van der Waals surface area contributed by atoms with Crippen molar-refractivity contribution in [3.05, 3.63) is 70.1 Å². The van der Waals surface area contributed by atoms with Gasteiger partial charge in [-0.25, -0.2) is 0 Å². The third-order valence-corrected chi connectivity index (χ3v) is 5.61. The number of hydrogen-bond acceptors (Lipinski definition) is 3. The molecule has 1 aliphatic rings. The van der Waals surface area contributed by atoms with Crippen molar-refractivity contribution in [1.82, 2.24) is 0 Å². The minimum atomic E-state index is -0.0381. The third-order valence-electron chi connectivity index (χ3n) is 4.31. The highest BCUT2D eigenvalue weighted by atomic mass is 32.2. The van der Waals surface area contributed by atoms with E-state index in [2.05, 4.69) is 45.0 Å². The number of para-hydroxylation sites is 1. The Balaban J connectivity index is 1.90. The van der Waals surface area contributed by atoms with Crippen LogP contribution < -0.4 is 4.90 Å². The van der Waals surface area contributed by atoms with Gasteiger partial charge in [0, 0.05) is 0 Å². The lowest BCUT2D eigenvalue weighted by molar-refractivity contribution is -0.113. The summed E-state index contributed by atoms with van der Waals surface area (Å²) < 4.78 is 0.593. The molecule has 0 bridgehead atoms. The number of aryl methyl sites for hydroxylation is 1. The number of benzene rings is 2. The first kappa shape index (κ1) is 17.9. The number of thioether (sulfide) groups is 1. The number of amides is 1. The molecule has 2 nitrogen and oxygen atoms in total. The number of rotatable bonds is 4. The van der Waals surface area contributed by atoms with Crippen molar-refractivity contribution in [3.8, 4) is 0 Å². The maximum Gasteiger partial charge on any atom is 0.270 e. The summed E-state index contributed by atoms with van der Waals surface area (Å²) in [4.78, 5) is 15.2. The van der Waals surface area contributed by atoms with Crippen LogP contribution in [0.3, 0.4) is 0 Å². The van der Waals surface area contributed by atoms with Crippen LogP contribution in [0.4, 0.5) is 5.69 Å². The molecule has 0 aliphatic carbocycles. The Morgan fingerprint density at radius 2 is 1.80 bits per heavy atom. The normalized spacial score (nSPS) is 16.3. The zero-order chi connectivity index (χ0) is 18.0. The fourth-order valence-electron chi connectivity index (χ4n) is 2.83. The molecule has 1 saturated heterocycles. The van der Waals surface area contributed by atoms with Crippen molar-refractivity contribution < 1.29 is 4.79 Å². The van der Waals surface area contributed by atoms with Crippen LogP contribution in [-0.2, 0) is 11.2 Å². The van der Waals surface area contributed by atoms with E-state index < -0.39 is 0 Å². The van der Waals surface area contributed by atoms with Gasteiger partial charge in [-0.05, 0) is 41.2 Å². The second kappa shape index (κ2) is 7.54. The Labute approximate surface area is 158 Å². The molecule has 0 saturated carbocycles.